The van der Waals surface area contributed by atoms with Crippen LogP contribution in [0, 0.1) is 6.92 Å². The fourth-order valence-electron chi connectivity index (χ4n) is 5.83. The Morgan fingerprint density at radius 1 is 0.741 bits per heavy atom. The number of aryl methyl sites for hydroxylation is 1. The van der Waals surface area contributed by atoms with Gasteiger partial charge < -0.3 is 47.9 Å². The van der Waals surface area contributed by atoms with Crippen LogP contribution in [0.4, 0.5) is 13.2 Å². The Balaban J connectivity index is 1.20. The first-order chi connectivity index (χ1) is 26.3. The Kier molecular flexibility index (Phi) is 23.5. The van der Waals surface area contributed by atoms with Crippen LogP contribution in [0.25, 0.3) is 0 Å². The molecule has 0 saturated carbocycles. The zero-order chi connectivity index (χ0) is 38.7. The van der Waals surface area contributed by atoms with E-state index in [4.69, 9.17) is 42.6 Å². The molecule has 1 heterocycles. The second-order valence-electron chi connectivity index (χ2n) is 12.7. The zero-order valence-corrected chi connectivity index (χ0v) is 31.8. The Hall–Kier alpha value is -2.70. The van der Waals surface area contributed by atoms with Crippen LogP contribution in [-0.4, -0.2) is 143 Å². The predicted octanol–water partition coefficient (Wildman–Crippen LogP) is 4.61. The lowest BCUT2D eigenvalue weighted by Gasteiger charge is -2.41. The average Bonchev–Trinajstić information content (AvgIpc) is 3.15. The molecular formula is C39H59F3N2O10. The summed E-state index contributed by atoms with van der Waals surface area (Å²) in [5.41, 5.74) is 1.30. The van der Waals surface area contributed by atoms with Crippen LogP contribution in [0.5, 0.6) is 0 Å². The van der Waals surface area contributed by atoms with Crippen LogP contribution in [-0.2, 0) is 60.2 Å². The number of nitrogens with zero attached hydrogens (tertiary/aromatic N) is 1. The highest BCUT2D eigenvalue weighted by Crippen LogP contribution is 2.35. The molecule has 1 N–H and O–H groups in total. The highest BCUT2D eigenvalue weighted by Gasteiger charge is 2.35. The van der Waals surface area contributed by atoms with Crippen molar-refractivity contribution < 1.29 is 60.6 Å². The number of carbonyl (C=O) groups excluding carboxylic acids is 1. The highest BCUT2D eigenvalue weighted by molar-refractivity contribution is 5.78. The standard InChI is InChI=1S/C39H59F3N2O10/c1-32-27-33(29-35(28-32)39(40,41)42)31-54-36-9-6-11-44(38(36)34-7-4-3-5-8-34)30-37(45)43-10-12-47-15-16-49-19-20-51-23-24-53-26-25-52-22-21-50-18-17-48-14-13-46-2/h3-5,7-8,27-29,36,38H,6,9-26,30-31H2,1-2H3,(H,43,45)/t36-,38-/m0/s1. The molecule has 0 aliphatic carbocycles. The average molecular weight is 773 g/mol. The number of rotatable bonds is 30. The van der Waals surface area contributed by atoms with E-state index in [2.05, 4.69) is 10.2 Å². The zero-order valence-electron chi connectivity index (χ0n) is 31.8. The van der Waals surface area contributed by atoms with E-state index in [0.29, 0.717) is 123 Å². The van der Waals surface area contributed by atoms with Crippen molar-refractivity contribution in [2.24, 2.45) is 0 Å². The normalized spacial score (nSPS) is 16.5. The second kappa shape index (κ2) is 27.8. The van der Waals surface area contributed by atoms with Gasteiger partial charge in [0, 0.05) is 13.7 Å². The summed E-state index contributed by atoms with van der Waals surface area (Å²) >= 11 is 0. The van der Waals surface area contributed by atoms with Crippen molar-refractivity contribution in [2.45, 2.75) is 44.7 Å². The second-order valence-corrected chi connectivity index (χ2v) is 12.7. The maximum Gasteiger partial charge on any atom is 0.416 e. The van der Waals surface area contributed by atoms with Gasteiger partial charge in [-0.2, -0.15) is 13.2 Å². The molecule has 3 rings (SSSR count). The number of hydrogen-bond acceptors (Lipinski definition) is 11. The van der Waals surface area contributed by atoms with E-state index in [9.17, 15) is 18.0 Å². The van der Waals surface area contributed by atoms with Gasteiger partial charge in [0.1, 0.15) is 0 Å². The van der Waals surface area contributed by atoms with Crippen molar-refractivity contribution >= 4 is 5.91 Å². The number of carbonyl (C=O) groups is 1. The van der Waals surface area contributed by atoms with Gasteiger partial charge in [-0.1, -0.05) is 42.0 Å². The van der Waals surface area contributed by atoms with Crippen LogP contribution in [0.1, 0.15) is 41.1 Å². The van der Waals surface area contributed by atoms with Crippen molar-refractivity contribution in [1.29, 1.82) is 0 Å². The monoisotopic (exact) mass is 772 g/mol. The predicted molar refractivity (Wildman–Crippen MR) is 195 cm³/mol. The molecule has 2 aromatic carbocycles. The maximum atomic E-state index is 13.4. The van der Waals surface area contributed by atoms with Crippen LogP contribution < -0.4 is 5.32 Å². The fourth-order valence-corrected chi connectivity index (χ4v) is 5.83. The van der Waals surface area contributed by atoms with Crippen LogP contribution in [0.15, 0.2) is 48.5 Å². The Bertz CT molecular complexity index is 1260. The number of amides is 1. The fraction of sp³-hybridized carbons (Fsp3) is 0.667. The molecule has 12 nitrogen and oxygen atoms in total. The molecule has 1 amide bonds. The van der Waals surface area contributed by atoms with Crippen molar-refractivity contribution in [3.63, 3.8) is 0 Å². The summed E-state index contributed by atoms with van der Waals surface area (Å²) in [5.74, 6) is -0.139. The SMILES string of the molecule is COCCOCCOCCOCCOCCOCCOCCOCCNC(=O)CN1CCC[C@H](OCc2cc(C)cc(C(F)(F)F)c2)[C@@H]1c1ccccc1. The smallest absolute Gasteiger partial charge is 0.382 e. The van der Waals surface area contributed by atoms with Crippen molar-refractivity contribution in [2.75, 3.05) is 126 Å². The maximum absolute atomic E-state index is 13.4. The number of nitrogens with one attached hydrogen (secondary N) is 1. The molecule has 2 aromatic rings. The van der Waals surface area contributed by atoms with Gasteiger partial charge in [-0.15, -0.1) is 0 Å². The van der Waals surface area contributed by atoms with E-state index in [1.165, 1.54) is 0 Å². The molecule has 1 fully saturated rings. The summed E-state index contributed by atoms with van der Waals surface area (Å²) in [7, 11) is 1.63. The Morgan fingerprint density at radius 2 is 1.26 bits per heavy atom. The molecule has 0 radical (unpaired) electrons. The largest absolute Gasteiger partial charge is 0.416 e. The summed E-state index contributed by atoms with van der Waals surface area (Å²) in [6, 6.07) is 13.5. The molecule has 1 saturated heterocycles. The van der Waals surface area contributed by atoms with Gasteiger partial charge in [-0.05, 0) is 49.6 Å². The summed E-state index contributed by atoms with van der Waals surface area (Å²) in [6.07, 6.45) is -3.20. The van der Waals surface area contributed by atoms with Crippen molar-refractivity contribution in [3.8, 4) is 0 Å². The van der Waals surface area contributed by atoms with E-state index in [-0.39, 0.29) is 31.2 Å². The lowest BCUT2D eigenvalue weighted by molar-refractivity contribution is -0.137. The van der Waals surface area contributed by atoms with Crippen molar-refractivity contribution in [3.05, 3.63) is 70.8 Å². The van der Waals surface area contributed by atoms with Gasteiger partial charge in [0.15, 0.2) is 0 Å². The molecule has 1 aliphatic rings. The van der Waals surface area contributed by atoms with Crippen LogP contribution in [0.3, 0.4) is 0 Å². The molecule has 0 bridgehead atoms. The summed E-state index contributed by atoms with van der Waals surface area (Å²) in [6.45, 7) is 10.0. The molecule has 54 heavy (non-hydrogen) atoms. The number of methoxy groups -OCH3 is 1. The molecule has 0 unspecified atom stereocenters. The summed E-state index contributed by atoms with van der Waals surface area (Å²) < 4.78 is 89.6. The molecule has 1 aliphatic heterocycles. The Morgan fingerprint density at radius 3 is 1.78 bits per heavy atom. The highest BCUT2D eigenvalue weighted by atomic mass is 19.4. The van der Waals surface area contributed by atoms with Crippen molar-refractivity contribution in [1.82, 2.24) is 10.2 Å². The minimum Gasteiger partial charge on any atom is -0.382 e. The van der Waals surface area contributed by atoms with Gasteiger partial charge in [-0.3, -0.25) is 9.69 Å². The number of likely N-dealkylation sites (tertiary alicyclic amines) is 1. The molecule has 0 spiro atoms. The number of alkyl halides is 3. The topological polar surface area (TPSA) is 115 Å². The minimum absolute atomic E-state index is 0.0458. The van der Waals surface area contributed by atoms with Gasteiger partial charge in [0.25, 0.3) is 0 Å². The van der Waals surface area contributed by atoms with E-state index < -0.39 is 11.7 Å². The molecule has 2 atom stereocenters. The first-order valence-corrected chi connectivity index (χ1v) is 18.7. The third kappa shape index (κ3) is 19.8. The number of piperidine rings is 1. The molecular weight excluding hydrogens is 713 g/mol. The third-order valence-corrected chi connectivity index (χ3v) is 8.33. The van der Waals surface area contributed by atoms with Gasteiger partial charge in [-0.25, -0.2) is 0 Å². The van der Waals surface area contributed by atoms with Crippen LogP contribution >= 0.6 is 0 Å². The van der Waals surface area contributed by atoms with E-state index >= 15 is 0 Å². The van der Waals surface area contributed by atoms with Gasteiger partial charge >= 0.3 is 6.18 Å². The molecule has 306 valence electrons. The quantitative estimate of drug-likeness (QED) is 0.112. The van der Waals surface area contributed by atoms with E-state index in [1.54, 1.807) is 20.1 Å². The lowest BCUT2D eigenvalue weighted by Crippen LogP contribution is -2.47. The summed E-state index contributed by atoms with van der Waals surface area (Å²) in [5, 5.41) is 2.92. The molecule has 0 aromatic heterocycles. The third-order valence-electron chi connectivity index (χ3n) is 8.33. The molecule has 15 heteroatoms. The number of halogens is 3. The van der Waals surface area contributed by atoms with E-state index in [0.717, 1.165) is 30.5 Å². The first-order valence-electron chi connectivity index (χ1n) is 18.7. The Labute approximate surface area is 317 Å². The number of benzene rings is 2. The summed E-state index contributed by atoms with van der Waals surface area (Å²) in [4.78, 5) is 15.0. The first kappa shape index (κ1) is 45.7. The number of ether oxygens (including phenoxy) is 9. The lowest BCUT2D eigenvalue weighted by atomic mass is 9.92. The van der Waals surface area contributed by atoms with E-state index in [1.807, 2.05) is 30.3 Å². The van der Waals surface area contributed by atoms with Gasteiger partial charge in [0.05, 0.1) is 130 Å². The number of hydrogen-bond donors (Lipinski definition) is 1. The van der Waals surface area contributed by atoms with Crippen LogP contribution in [0.2, 0.25) is 0 Å². The minimum atomic E-state index is -4.43. The van der Waals surface area contributed by atoms with Gasteiger partial charge in [0.2, 0.25) is 5.91 Å².